The fourth-order valence-corrected chi connectivity index (χ4v) is 2.30. The first-order valence-corrected chi connectivity index (χ1v) is 7.05. The third kappa shape index (κ3) is 3.67. The van der Waals surface area contributed by atoms with E-state index >= 15 is 0 Å². The molecule has 0 bridgehead atoms. The molecule has 0 atom stereocenters. The highest BCUT2D eigenvalue weighted by atomic mass is 79.9. The lowest BCUT2D eigenvalue weighted by Gasteiger charge is -2.41. The van der Waals surface area contributed by atoms with Crippen molar-refractivity contribution >= 4 is 21.7 Å². The summed E-state index contributed by atoms with van der Waals surface area (Å²) in [4.78, 5) is 6.79. The van der Waals surface area contributed by atoms with Crippen molar-refractivity contribution in [3.63, 3.8) is 0 Å². The number of nitrogens with zero attached hydrogens (tertiary/aromatic N) is 2. The van der Waals surface area contributed by atoms with Gasteiger partial charge in [-0.05, 0) is 41.9 Å². The maximum atomic E-state index is 5.39. The zero-order chi connectivity index (χ0) is 13.0. The number of pyridine rings is 1. The van der Waals surface area contributed by atoms with E-state index < -0.39 is 0 Å². The standard InChI is InChI=1S/C13H20BrN3O/c1-13(2,17-5-7-18-8-6-17)10-16-12-4-3-11(14)9-15-12/h3-4,9H,5-8,10H2,1-2H3,(H,15,16). The second-order valence-corrected chi connectivity index (χ2v) is 6.04. The van der Waals surface area contributed by atoms with Crippen molar-refractivity contribution in [2.24, 2.45) is 0 Å². The van der Waals surface area contributed by atoms with Crippen LogP contribution in [-0.4, -0.2) is 48.3 Å². The normalized spacial score (nSPS) is 17.7. The van der Waals surface area contributed by atoms with E-state index in [4.69, 9.17) is 4.74 Å². The number of hydrogen-bond acceptors (Lipinski definition) is 4. The van der Waals surface area contributed by atoms with Crippen LogP contribution in [-0.2, 0) is 4.74 Å². The predicted octanol–water partition coefficient (Wildman–Crippen LogP) is 2.37. The number of aromatic nitrogens is 1. The average Bonchev–Trinajstić information content (AvgIpc) is 2.39. The van der Waals surface area contributed by atoms with Gasteiger partial charge in [0, 0.05) is 35.8 Å². The van der Waals surface area contributed by atoms with Crippen molar-refractivity contribution in [2.75, 3.05) is 38.2 Å². The molecular formula is C13H20BrN3O. The molecule has 100 valence electrons. The Kier molecular flexibility index (Phi) is 4.59. The van der Waals surface area contributed by atoms with Crippen molar-refractivity contribution in [3.05, 3.63) is 22.8 Å². The van der Waals surface area contributed by atoms with Gasteiger partial charge < -0.3 is 10.1 Å². The Morgan fingerprint density at radius 1 is 1.39 bits per heavy atom. The summed E-state index contributed by atoms with van der Waals surface area (Å²) in [6, 6.07) is 3.98. The molecule has 5 heteroatoms. The maximum Gasteiger partial charge on any atom is 0.126 e. The number of rotatable bonds is 4. The van der Waals surface area contributed by atoms with Gasteiger partial charge in [-0.3, -0.25) is 4.90 Å². The molecule has 1 saturated heterocycles. The molecule has 1 aliphatic rings. The number of anilines is 1. The Hall–Kier alpha value is -0.650. The summed E-state index contributed by atoms with van der Waals surface area (Å²) in [6.45, 7) is 9.06. The van der Waals surface area contributed by atoms with Crippen LogP contribution < -0.4 is 5.32 Å². The summed E-state index contributed by atoms with van der Waals surface area (Å²) in [5.74, 6) is 0.916. The number of halogens is 1. The molecule has 0 unspecified atom stereocenters. The maximum absolute atomic E-state index is 5.39. The molecule has 0 spiro atoms. The van der Waals surface area contributed by atoms with Crippen molar-refractivity contribution in [2.45, 2.75) is 19.4 Å². The average molecular weight is 314 g/mol. The molecule has 1 fully saturated rings. The number of ether oxygens (including phenoxy) is 1. The first kappa shape index (κ1) is 13.8. The third-order valence-electron chi connectivity index (χ3n) is 3.30. The largest absolute Gasteiger partial charge is 0.379 e. The van der Waals surface area contributed by atoms with Gasteiger partial charge >= 0.3 is 0 Å². The highest BCUT2D eigenvalue weighted by molar-refractivity contribution is 9.10. The minimum Gasteiger partial charge on any atom is -0.379 e. The number of nitrogens with one attached hydrogen (secondary N) is 1. The van der Waals surface area contributed by atoms with Crippen LogP contribution in [0, 0.1) is 0 Å². The van der Waals surface area contributed by atoms with Gasteiger partial charge in [-0.25, -0.2) is 4.98 Å². The van der Waals surface area contributed by atoms with Gasteiger partial charge in [0.2, 0.25) is 0 Å². The quantitative estimate of drug-likeness (QED) is 0.926. The third-order valence-corrected chi connectivity index (χ3v) is 3.77. The molecule has 0 aromatic carbocycles. The molecule has 0 radical (unpaired) electrons. The van der Waals surface area contributed by atoms with E-state index in [-0.39, 0.29) is 5.54 Å². The molecule has 0 saturated carbocycles. The van der Waals surface area contributed by atoms with E-state index in [2.05, 4.69) is 45.0 Å². The lowest BCUT2D eigenvalue weighted by molar-refractivity contribution is -0.00570. The molecule has 1 aromatic heterocycles. The first-order valence-electron chi connectivity index (χ1n) is 6.26. The second-order valence-electron chi connectivity index (χ2n) is 5.13. The van der Waals surface area contributed by atoms with Crippen molar-refractivity contribution in [1.82, 2.24) is 9.88 Å². The van der Waals surface area contributed by atoms with Crippen LogP contribution in [0.15, 0.2) is 22.8 Å². The van der Waals surface area contributed by atoms with Crippen LogP contribution in [0.4, 0.5) is 5.82 Å². The molecule has 18 heavy (non-hydrogen) atoms. The van der Waals surface area contributed by atoms with Gasteiger partial charge in [-0.2, -0.15) is 0 Å². The van der Waals surface area contributed by atoms with E-state index in [9.17, 15) is 0 Å². The molecule has 1 N–H and O–H groups in total. The Morgan fingerprint density at radius 2 is 2.11 bits per heavy atom. The van der Waals surface area contributed by atoms with Crippen LogP contribution in [0.3, 0.4) is 0 Å². The van der Waals surface area contributed by atoms with Gasteiger partial charge in [0.15, 0.2) is 0 Å². The van der Waals surface area contributed by atoms with Gasteiger partial charge in [-0.1, -0.05) is 0 Å². The second kappa shape index (κ2) is 5.99. The van der Waals surface area contributed by atoms with Crippen LogP contribution >= 0.6 is 15.9 Å². The minimum absolute atomic E-state index is 0.110. The van der Waals surface area contributed by atoms with Crippen LogP contribution in [0.1, 0.15) is 13.8 Å². The van der Waals surface area contributed by atoms with Crippen molar-refractivity contribution in [3.8, 4) is 0 Å². The SMILES string of the molecule is CC(C)(CNc1ccc(Br)cn1)N1CCOCC1. The topological polar surface area (TPSA) is 37.4 Å². The summed E-state index contributed by atoms with van der Waals surface area (Å²) in [5, 5.41) is 3.40. The Balaban J connectivity index is 1.89. The smallest absolute Gasteiger partial charge is 0.126 e. The van der Waals surface area contributed by atoms with Gasteiger partial charge in [0.05, 0.1) is 13.2 Å². The monoisotopic (exact) mass is 313 g/mol. The molecule has 1 aliphatic heterocycles. The van der Waals surface area contributed by atoms with E-state index in [1.165, 1.54) is 0 Å². The molecule has 4 nitrogen and oxygen atoms in total. The van der Waals surface area contributed by atoms with Crippen LogP contribution in [0.5, 0.6) is 0 Å². The van der Waals surface area contributed by atoms with E-state index in [1.807, 2.05) is 18.3 Å². The number of hydrogen-bond donors (Lipinski definition) is 1. The van der Waals surface area contributed by atoms with Crippen molar-refractivity contribution in [1.29, 1.82) is 0 Å². The van der Waals surface area contributed by atoms with Crippen LogP contribution in [0.25, 0.3) is 0 Å². The van der Waals surface area contributed by atoms with Crippen molar-refractivity contribution < 1.29 is 4.74 Å². The lowest BCUT2D eigenvalue weighted by Crippen LogP contribution is -2.53. The molecule has 0 amide bonds. The zero-order valence-corrected chi connectivity index (χ0v) is 12.5. The highest BCUT2D eigenvalue weighted by Crippen LogP contribution is 2.17. The summed E-state index contributed by atoms with van der Waals surface area (Å²) < 4.78 is 6.39. The Bertz CT molecular complexity index is 374. The molecule has 1 aromatic rings. The molecule has 2 heterocycles. The Labute approximate surface area is 117 Å². The first-order chi connectivity index (χ1) is 8.58. The summed E-state index contributed by atoms with van der Waals surface area (Å²) in [5.41, 5.74) is 0.110. The molecule has 0 aliphatic carbocycles. The fourth-order valence-electron chi connectivity index (χ4n) is 2.07. The van der Waals surface area contributed by atoms with Gasteiger partial charge in [-0.15, -0.1) is 0 Å². The van der Waals surface area contributed by atoms with E-state index in [0.29, 0.717) is 0 Å². The van der Waals surface area contributed by atoms with Gasteiger partial charge in [0.25, 0.3) is 0 Å². The molecular weight excluding hydrogens is 294 g/mol. The lowest BCUT2D eigenvalue weighted by atomic mass is 10.0. The summed E-state index contributed by atoms with van der Waals surface area (Å²) in [6.07, 6.45) is 1.81. The van der Waals surface area contributed by atoms with E-state index in [1.54, 1.807) is 0 Å². The minimum atomic E-state index is 0.110. The van der Waals surface area contributed by atoms with Gasteiger partial charge in [0.1, 0.15) is 5.82 Å². The summed E-state index contributed by atoms with van der Waals surface area (Å²) >= 11 is 3.39. The van der Waals surface area contributed by atoms with E-state index in [0.717, 1.165) is 43.1 Å². The number of morpholine rings is 1. The fraction of sp³-hybridized carbons (Fsp3) is 0.615. The summed E-state index contributed by atoms with van der Waals surface area (Å²) in [7, 11) is 0. The predicted molar refractivity (Wildman–Crippen MR) is 76.9 cm³/mol. The highest BCUT2D eigenvalue weighted by Gasteiger charge is 2.27. The molecule has 2 rings (SSSR count). The van der Waals surface area contributed by atoms with Crippen LogP contribution in [0.2, 0.25) is 0 Å². The Morgan fingerprint density at radius 3 is 2.72 bits per heavy atom. The zero-order valence-electron chi connectivity index (χ0n) is 10.9.